The van der Waals surface area contributed by atoms with Crippen molar-refractivity contribution in [3.63, 3.8) is 0 Å². The Morgan fingerprint density at radius 2 is 1.50 bits per heavy atom. The fourth-order valence-electron chi connectivity index (χ4n) is 2.71. The quantitative estimate of drug-likeness (QED) is 0.358. The highest BCUT2D eigenvalue weighted by atomic mass is 16.6. The van der Waals surface area contributed by atoms with Gasteiger partial charge in [0, 0.05) is 11.8 Å². The van der Waals surface area contributed by atoms with Gasteiger partial charge in [0.05, 0.1) is 26.9 Å². The van der Waals surface area contributed by atoms with Gasteiger partial charge >= 0.3 is 11.4 Å². The molecule has 0 bridgehead atoms. The normalized spacial score (nSPS) is 11.8. The molecule has 1 heterocycles. The molecule has 0 saturated carbocycles. The van der Waals surface area contributed by atoms with Crippen LogP contribution in [0.4, 0.5) is 22.7 Å². The van der Waals surface area contributed by atoms with Gasteiger partial charge in [-0.3, -0.25) is 35.8 Å². The maximum absolute atomic E-state index is 11.4. The molecule has 0 spiro atoms. The number of hydrazone groups is 1. The van der Waals surface area contributed by atoms with Gasteiger partial charge in [0.15, 0.2) is 5.76 Å². The van der Waals surface area contributed by atoms with E-state index in [0.29, 0.717) is 23.6 Å². The zero-order valence-corrected chi connectivity index (χ0v) is 17.0. The van der Waals surface area contributed by atoms with Gasteiger partial charge in [-0.15, -0.1) is 0 Å². The van der Waals surface area contributed by atoms with Crippen LogP contribution in [0, 0.1) is 43.2 Å². The summed E-state index contributed by atoms with van der Waals surface area (Å²) in [4.78, 5) is 31.0. The van der Waals surface area contributed by atoms with Gasteiger partial charge in [0.2, 0.25) is 5.69 Å². The van der Waals surface area contributed by atoms with Crippen LogP contribution in [0.3, 0.4) is 0 Å². The van der Waals surface area contributed by atoms with Crippen LogP contribution in [-0.2, 0) is 0 Å². The number of nitro benzene ring substituents is 3. The Balaban J connectivity index is 2.63. The van der Waals surface area contributed by atoms with Crippen LogP contribution in [0.15, 0.2) is 27.7 Å². The number of hydrogen-bond donors (Lipinski definition) is 1. The summed E-state index contributed by atoms with van der Waals surface area (Å²) < 4.78 is 5.87. The van der Waals surface area contributed by atoms with E-state index in [1.807, 2.05) is 40.7 Å². The lowest BCUT2D eigenvalue weighted by molar-refractivity contribution is -0.401. The third kappa shape index (κ3) is 4.59. The summed E-state index contributed by atoms with van der Waals surface area (Å²) in [5.74, 6) is 1.10. The van der Waals surface area contributed by atoms with Crippen molar-refractivity contribution in [2.75, 3.05) is 5.43 Å². The SMILES string of the molecule is Cc1cc(C(C)C)oc1/C(=N/Nc1c([N+](=O)[O-])cc([N+](=O)[O-])cc1[N+](=O)[O-])C(C)C. The van der Waals surface area contributed by atoms with Gasteiger partial charge < -0.3 is 4.42 Å². The number of nitrogens with one attached hydrogen (secondary N) is 1. The third-order valence-electron chi connectivity index (χ3n) is 4.26. The molecule has 30 heavy (non-hydrogen) atoms. The molecule has 0 aliphatic rings. The molecule has 12 nitrogen and oxygen atoms in total. The van der Waals surface area contributed by atoms with E-state index in [1.54, 1.807) is 0 Å². The minimum Gasteiger partial charge on any atom is -0.459 e. The summed E-state index contributed by atoms with van der Waals surface area (Å²) in [5.41, 5.74) is 0.576. The number of rotatable bonds is 8. The van der Waals surface area contributed by atoms with E-state index in [0.717, 1.165) is 11.3 Å². The van der Waals surface area contributed by atoms with Crippen molar-refractivity contribution in [2.24, 2.45) is 11.0 Å². The van der Waals surface area contributed by atoms with E-state index in [9.17, 15) is 30.3 Å². The van der Waals surface area contributed by atoms with Crippen LogP contribution < -0.4 is 5.43 Å². The second-order valence-electron chi connectivity index (χ2n) is 7.21. The lowest BCUT2D eigenvalue weighted by Gasteiger charge is -2.10. The van der Waals surface area contributed by atoms with E-state index < -0.39 is 37.5 Å². The Morgan fingerprint density at radius 1 is 0.967 bits per heavy atom. The van der Waals surface area contributed by atoms with E-state index in [4.69, 9.17) is 4.42 Å². The Bertz CT molecular complexity index is 1000. The number of furan rings is 1. The van der Waals surface area contributed by atoms with Crippen molar-refractivity contribution in [2.45, 2.75) is 40.5 Å². The molecular weight excluding hydrogens is 398 g/mol. The van der Waals surface area contributed by atoms with Gasteiger partial charge in [0.1, 0.15) is 11.5 Å². The topological polar surface area (TPSA) is 167 Å². The highest BCUT2D eigenvalue weighted by Crippen LogP contribution is 2.38. The first-order chi connectivity index (χ1) is 13.9. The number of nitrogens with zero attached hydrogens (tertiary/aromatic N) is 4. The van der Waals surface area contributed by atoms with E-state index >= 15 is 0 Å². The maximum Gasteiger partial charge on any atom is 0.308 e. The van der Waals surface area contributed by atoms with E-state index in [1.165, 1.54) is 0 Å². The summed E-state index contributed by atoms with van der Waals surface area (Å²) in [6, 6.07) is 3.15. The molecule has 0 amide bonds. The summed E-state index contributed by atoms with van der Waals surface area (Å²) >= 11 is 0. The Morgan fingerprint density at radius 3 is 1.87 bits per heavy atom. The average molecular weight is 419 g/mol. The number of anilines is 1. The molecule has 0 saturated heterocycles. The second-order valence-corrected chi connectivity index (χ2v) is 7.21. The fourth-order valence-corrected chi connectivity index (χ4v) is 2.71. The van der Waals surface area contributed by atoms with Gasteiger partial charge in [-0.2, -0.15) is 5.10 Å². The number of non-ortho nitro benzene ring substituents is 1. The fraction of sp³-hybridized carbons (Fsp3) is 0.389. The lowest BCUT2D eigenvalue weighted by atomic mass is 10.0. The second kappa shape index (κ2) is 8.68. The molecule has 12 heteroatoms. The molecule has 1 aromatic carbocycles. The summed E-state index contributed by atoms with van der Waals surface area (Å²) in [6.07, 6.45) is 0. The van der Waals surface area contributed by atoms with Crippen LogP contribution in [0.1, 0.15) is 50.7 Å². The minimum absolute atomic E-state index is 0.121. The molecule has 2 aromatic rings. The third-order valence-corrected chi connectivity index (χ3v) is 4.26. The minimum atomic E-state index is -0.943. The number of hydrogen-bond acceptors (Lipinski definition) is 9. The van der Waals surface area contributed by atoms with E-state index in [-0.39, 0.29) is 11.8 Å². The molecule has 0 unspecified atom stereocenters. The highest BCUT2D eigenvalue weighted by molar-refractivity contribution is 6.01. The van der Waals surface area contributed by atoms with Crippen LogP contribution in [0.25, 0.3) is 0 Å². The molecule has 0 aliphatic carbocycles. The predicted molar refractivity (Wildman–Crippen MR) is 109 cm³/mol. The molecular formula is C18H21N5O7. The largest absolute Gasteiger partial charge is 0.459 e. The molecule has 160 valence electrons. The van der Waals surface area contributed by atoms with Crippen molar-refractivity contribution in [3.8, 4) is 0 Å². The first-order valence-corrected chi connectivity index (χ1v) is 8.99. The predicted octanol–water partition coefficient (Wildman–Crippen LogP) is 4.91. The molecule has 0 fully saturated rings. The maximum atomic E-state index is 11.4. The van der Waals surface area contributed by atoms with Crippen LogP contribution >= 0.6 is 0 Å². The van der Waals surface area contributed by atoms with Crippen molar-refractivity contribution in [3.05, 3.63) is 65.6 Å². The highest BCUT2D eigenvalue weighted by Gasteiger charge is 2.31. The van der Waals surface area contributed by atoms with Crippen molar-refractivity contribution in [1.82, 2.24) is 0 Å². The summed E-state index contributed by atoms with van der Waals surface area (Å²) in [6.45, 7) is 9.36. The van der Waals surface area contributed by atoms with Gasteiger partial charge in [-0.05, 0) is 18.6 Å². The van der Waals surface area contributed by atoms with Gasteiger partial charge in [-0.1, -0.05) is 27.7 Å². The molecule has 0 aliphatic heterocycles. The first kappa shape index (κ1) is 22.5. The summed E-state index contributed by atoms with van der Waals surface area (Å²) in [5, 5.41) is 38.0. The Labute approximate surface area is 171 Å². The zero-order chi connectivity index (χ0) is 22.7. The van der Waals surface area contributed by atoms with Crippen LogP contribution in [-0.4, -0.2) is 20.5 Å². The van der Waals surface area contributed by atoms with Gasteiger partial charge in [0.25, 0.3) is 5.69 Å². The Kier molecular flexibility index (Phi) is 6.49. The van der Waals surface area contributed by atoms with Gasteiger partial charge in [-0.25, -0.2) is 0 Å². The Hall–Kier alpha value is -3.83. The zero-order valence-electron chi connectivity index (χ0n) is 17.0. The van der Waals surface area contributed by atoms with Crippen LogP contribution in [0.2, 0.25) is 0 Å². The average Bonchev–Trinajstić information content (AvgIpc) is 3.02. The van der Waals surface area contributed by atoms with E-state index in [2.05, 4.69) is 10.5 Å². The number of aryl methyl sites for hydroxylation is 1. The monoisotopic (exact) mass is 419 g/mol. The smallest absolute Gasteiger partial charge is 0.308 e. The van der Waals surface area contributed by atoms with Crippen molar-refractivity contribution in [1.29, 1.82) is 0 Å². The molecule has 1 aromatic heterocycles. The molecule has 0 atom stereocenters. The molecule has 2 rings (SSSR count). The first-order valence-electron chi connectivity index (χ1n) is 8.99. The molecule has 1 N–H and O–H groups in total. The standard InChI is InChI=1S/C18H21N5O7/c1-9(2)15-6-11(5)18(30-15)16(10(3)4)19-20-17-13(22(26)27)7-12(21(24)25)8-14(17)23(28)29/h6-10,20H,1-5H3/b19-16+. The van der Waals surface area contributed by atoms with Crippen molar-refractivity contribution < 1.29 is 19.2 Å². The molecule has 0 radical (unpaired) electrons. The van der Waals surface area contributed by atoms with Crippen molar-refractivity contribution >= 4 is 28.5 Å². The lowest BCUT2D eigenvalue weighted by Crippen LogP contribution is -2.13. The number of nitro groups is 3. The van der Waals surface area contributed by atoms with Crippen LogP contribution in [0.5, 0.6) is 0 Å². The number of benzene rings is 1. The summed E-state index contributed by atoms with van der Waals surface area (Å²) in [7, 11) is 0.